The average Bonchev–Trinajstić information content (AvgIpc) is 2.78. The van der Waals surface area contributed by atoms with Crippen LogP contribution in [0.15, 0.2) is 30.3 Å². The van der Waals surface area contributed by atoms with Gasteiger partial charge in [-0.3, -0.25) is 0 Å². The van der Waals surface area contributed by atoms with Crippen LogP contribution in [0.5, 0.6) is 0 Å². The maximum Gasteiger partial charge on any atom is 0.332 e. The van der Waals surface area contributed by atoms with Gasteiger partial charge < -0.3 is 9.47 Å². The second-order valence-corrected chi connectivity index (χ2v) is 4.74. The zero-order chi connectivity index (χ0) is 16.1. The Kier molecular flexibility index (Phi) is 5.30. The topological polar surface area (TPSA) is 53.4 Å². The van der Waals surface area contributed by atoms with Crippen LogP contribution in [-0.2, 0) is 14.3 Å². The summed E-state index contributed by atoms with van der Waals surface area (Å²) < 4.78 is 23.8. The van der Waals surface area contributed by atoms with E-state index < -0.39 is 5.97 Å². The van der Waals surface area contributed by atoms with Crippen LogP contribution in [0.2, 0.25) is 5.15 Å². The van der Waals surface area contributed by atoms with E-state index >= 15 is 0 Å². The molecule has 0 N–H and O–H groups in total. The number of carbonyl (C=O) groups is 1. The highest BCUT2D eigenvalue weighted by Crippen LogP contribution is 2.24. The Morgan fingerprint density at radius 1 is 1.41 bits per heavy atom. The largest absolute Gasteiger partial charge is 0.435 e. The van der Waals surface area contributed by atoms with Crippen LogP contribution in [0.1, 0.15) is 11.3 Å². The third kappa shape index (κ3) is 3.72. The molecule has 7 heteroatoms. The van der Waals surface area contributed by atoms with E-state index in [0.717, 1.165) is 0 Å². The molecule has 0 fully saturated rings. The molecule has 1 aromatic heterocycles. The maximum atomic E-state index is 13.0. The SMILES string of the molecule is COCOC(=O)/C=C/c1c(C)nn(-c2ccc(F)cc2)c1Cl. The maximum absolute atomic E-state index is 13.0. The molecule has 0 unspecified atom stereocenters. The Hall–Kier alpha value is -2.18. The molecule has 0 bridgehead atoms. The van der Waals surface area contributed by atoms with Crippen molar-refractivity contribution in [3.63, 3.8) is 0 Å². The number of esters is 1. The molecule has 0 amide bonds. The molecule has 1 heterocycles. The molecule has 0 radical (unpaired) electrons. The summed E-state index contributed by atoms with van der Waals surface area (Å²) in [6.45, 7) is 1.64. The van der Waals surface area contributed by atoms with E-state index in [0.29, 0.717) is 22.1 Å². The van der Waals surface area contributed by atoms with Crippen molar-refractivity contribution in [1.29, 1.82) is 0 Å². The highest BCUT2D eigenvalue weighted by Gasteiger charge is 2.13. The molecular weight excluding hydrogens is 311 g/mol. The van der Waals surface area contributed by atoms with Crippen LogP contribution in [0.3, 0.4) is 0 Å². The van der Waals surface area contributed by atoms with Crippen LogP contribution < -0.4 is 0 Å². The van der Waals surface area contributed by atoms with Gasteiger partial charge in [0.05, 0.1) is 11.4 Å². The van der Waals surface area contributed by atoms with E-state index in [-0.39, 0.29) is 12.6 Å². The van der Waals surface area contributed by atoms with Crippen molar-refractivity contribution >= 4 is 23.6 Å². The lowest BCUT2D eigenvalue weighted by Gasteiger charge is -2.02. The molecule has 5 nitrogen and oxygen atoms in total. The molecule has 0 spiro atoms. The van der Waals surface area contributed by atoms with E-state index in [1.54, 1.807) is 19.1 Å². The van der Waals surface area contributed by atoms with Crippen molar-refractivity contribution in [2.45, 2.75) is 6.92 Å². The Bertz CT molecular complexity index is 696. The number of rotatable bonds is 5. The molecule has 0 aliphatic carbocycles. The Morgan fingerprint density at radius 3 is 2.73 bits per heavy atom. The van der Waals surface area contributed by atoms with Gasteiger partial charge in [-0.25, -0.2) is 13.9 Å². The van der Waals surface area contributed by atoms with Crippen molar-refractivity contribution in [2.75, 3.05) is 13.9 Å². The van der Waals surface area contributed by atoms with Gasteiger partial charge in [0.1, 0.15) is 11.0 Å². The smallest absolute Gasteiger partial charge is 0.332 e. The zero-order valence-electron chi connectivity index (χ0n) is 12.0. The third-order valence-electron chi connectivity index (χ3n) is 2.82. The van der Waals surface area contributed by atoms with Crippen molar-refractivity contribution < 1.29 is 18.7 Å². The summed E-state index contributed by atoms with van der Waals surface area (Å²) in [5, 5.41) is 4.60. The summed E-state index contributed by atoms with van der Waals surface area (Å²) in [6.07, 6.45) is 2.76. The van der Waals surface area contributed by atoms with Crippen molar-refractivity contribution in [3.05, 3.63) is 52.6 Å². The second-order valence-electron chi connectivity index (χ2n) is 4.38. The van der Waals surface area contributed by atoms with E-state index in [2.05, 4.69) is 9.84 Å². The summed E-state index contributed by atoms with van der Waals surface area (Å²) in [6, 6.07) is 5.77. The van der Waals surface area contributed by atoms with Crippen molar-refractivity contribution in [3.8, 4) is 5.69 Å². The van der Waals surface area contributed by atoms with Crippen molar-refractivity contribution in [2.24, 2.45) is 0 Å². The molecule has 1 aromatic carbocycles. The number of hydrogen-bond donors (Lipinski definition) is 0. The first-order valence-electron chi connectivity index (χ1n) is 6.37. The van der Waals surface area contributed by atoms with Gasteiger partial charge in [-0.1, -0.05) is 11.6 Å². The number of aryl methyl sites for hydroxylation is 1. The Morgan fingerprint density at radius 2 is 2.09 bits per heavy atom. The quantitative estimate of drug-likeness (QED) is 0.482. The lowest BCUT2D eigenvalue weighted by molar-refractivity contribution is -0.147. The minimum Gasteiger partial charge on any atom is -0.435 e. The monoisotopic (exact) mass is 324 g/mol. The molecule has 0 aliphatic heterocycles. The van der Waals surface area contributed by atoms with Gasteiger partial charge in [0, 0.05) is 18.7 Å². The lowest BCUT2D eigenvalue weighted by atomic mass is 10.2. The molecule has 2 rings (SSSR count). The highest BCUT2D eigenvalue weighted by atomic mass is 35.5. The fourth-order valence-electron chi connectivity index (χ4n) is 1.77. The average molecular weight is 325 g/mol. The first kappa shape index (κ1) is 16.2. The first-order chi connectivity index (χ1) is 10.5. The second kappa shape index (κ2) is 7.20. The number of aromatic nitrogens is 2. The molecule has 0 saturated heterocycles. The number of ether oxygens (including phenoxy) is 2. The Labute approximate surface area is 131 Å². The molecule has 0 aliphatic rings. The number of nitrogens with zero attached hydrogens (tertiary/aromatic N) is 2. The number of carbonyl (C=O) groups excluding carboxylic acids is 1. The standard InChI is InChI=1S/C15H14ClFN2O3/c1-10-13(7-8-14(20)22-9-21-2)15(16)19(18-10)12-5-3-11(17)4-6-12/h3-8H,9H2,1-2H3/b8-7+. The van der Waals surface area contributed by atoms with Crippen LogP contribution in [0, 0.1) is 12.7 Å². The number of halogens is 2. The fourth-order valence-corrected chi connectivity index (χ4v) is 2.11. The number of methoxy groups -OCH3 is 1. The Balaban J connectivity index is 2.25. The minimum atomic E-state index is -0.549. The van der Waals surface area contributed by atoms with Crippen molar-refractivity contribution in [1.82, 2.24) is 9.78 Å². The summed E-state index contributed by atoms with van der Waals surface area (Å²) >= 11 is 6.27. The molecular formula is C15H14ClFN2O3. The van der Waals surface area contributed by atoms with Gasteiger partial charge in [0.15, 0.2) is 6.79 Å². The van der Waals surface area contributed by atoms with Crippen LogP contribution >= 0.6 is 11.6 Å². The number of benzene rings is 1. The summed E-state index contributed by atoms with van der Waals surface area (Å²) in [7, 11) is 1.42. The van der Waals surface area contributed by atoms with E-state index in [9.17, 15) is 9.18 Å². The van der Waals surface area contributed by atoms with Crippen LogP contribution in [0.4, 0.5) is 4.39 Å². The molecule has 22 heavy (non-hydrogen) atoms. The van der Waals surface area contributed by atoms with E-state index in [1.165, 1.54) is 36.1 Å². The lowest BCUT2D eigenvalue weighted by Crippen LogP contribution is -2.03. The van der Waals surface area contributed by atoms with Gasteiger partial charge in [0.25, 0.3) is 0 Å². The summed E-state index contributed by atoms with van der Waals surface area (Å²) in [4.78, 5) is 11.4. The molecule has 0 atom stereocenters. The minimum absolute atomic E-state index is 0.120. The highest BCUT2D eigenvalue weighted by molar-refractivity contribution is 6.31. The van der Waals surface area contributed by atoms with Gasteiger partial charge in [-0.05, 0) is 37.3 Å². The predicted octanol–water partition coefficient (Wildman–Crippen LogP) is 3.13. The fraction of sp³-hybridized carbons (Fsp3) is 0.200. The van der Waals surface area contributed by atoms with Crippen LogP contribution in [0.25, 0.3) is 11.8 Å². The van der Waals surface area contributed by atoms with E-state index in [4.69, 9.17) is 16.3 Å². The summed E-state index contributed by atoms with van der Waals surface area (Å²) in [5.74, 6) is -0.892. The first-order valence-corrected chi connectivity index (χ1v) is 6.75. The van der Waals surface area contributed by atoms with Crippen LogP contribution in [-0.4, -0.2) is 29.7 Å². The number of hydrogen-bond acceptors (Lipinski definition) is 4. The zero-order valence-corrected chi connectivity index (χ0v) is 12.8. The molecule has 116 valence electrons. The molecule has 2 aromatic rings. The third-order valence-corrected chi connectivity index (χ3v) is 3.19. The normalized spacial score (nSPS) is 11.1. The van der Waals surface area contributed by atoms with Gasteiger partial charge in [-0.2, -0.15) is 5.10 Å². The van der Waals surface area contributed by atoms with Gasteiger partial charge in [0.2, 0.25) is 0 Å². The summed E-state index contributed by atoms with van der Waals surface area (Å²) in [5.41, 5.74) is 1.83. The van der Waals surface area contributed by atoms with Gasteiger partial charge in [-0.15, -0.1) is 0 Å². The predicted molar refractivity (Wildman–Crippen MR) is 80.3 cm³/mol. The van der Waals surface area contributed by atoms with Gasteiger partial charge >= 0.3 is 5.97 Å². The van der Waals surface area contributed by atoms with E-state index in [1.807, 2.05) is 0 Å². The molecule has 0 saturated carbocycles.